The van der Waals surface area contributed by atoms with Gasteiger partial charge in [0.1, 0.15) is 5.75 Å². The molecule has 0 atom stereocenters. The first-order chi connectivity index (χ1) is 8.29. The molecule has 1 amide bonds. The molecule has 0 spiro atoms. The van der Waals surface area contributed by atoms with Crippen LogP contribution in [0, 0.1) is 5.92 Å². The fourth-order valence-corrected chi connectivity index (χ4v) is 1.82. The lowest BCUT2D eigenvalue weighted by atomic mass is 10.2. The molecule has 0 unspecified atom stereocenters. The lowest BCUT2D eigenvalue weighted by molar-refractivity contribution is 0.0963. The summed E-state index contributed by atoms with van der Waals surface area (Å²) in [6, 6.07) is 7.27. The molecule has 0 saturated heterocycles. The normalized spacial score (nSPS) is 14.4. The van der Waals surface area contributed by atoms with E-state index in [0.29, 0.717) is 5.56 Å². The monoisotopic (exact) mass is 233 g/mol. The van der Waals surface area contributed by atoms with E-state index in [4.69, 9.17) is 4.74 Å². The van der Waals surface area contributed by atoms with Crippen molar-refractivity contribution in [2.75, 3.05) is 13.7 Å². The molecule has 3 heteroatoms. The van der Waals surface area contributed by atoms with Crippen LogP contribution in [0.15, 0.2) is 24.3 Å². The van der Waals surface area contributed by atoms with Gasteiger partial charge in [-0.15, -0.1) is 0 Å². The average molecular weight is 233 g/mol. The Labute approximate surface area is 102 Å². The maximum atomic E-state index is 11.3. The highest BCUT2D eigenvalue weighted by molar-refractivity contribution is 5.94. The molecule has 1 aromatic carbocycles. The summed E-state index contributed by atoms with van der Waals surface area (Å²) >= 11 is 0. The highest BCUT2D eigenvalue weighted by atomic mass is 16.5. The van der Waals surface area contributed by atoms with Crippen molar-refractivity contribution in [1.29, 1.82) is 0 Å². The molecule has 0 aromatic heterocycles. The third-order valence-corrected chi connectivity index (χ3v) is 3.07. The van der Waals surface area contributed by atoms with E-state index in [1.165, 1.54) is 19.3 Å². The molecule has 1 aliphatic rings. The van der Waals surface area contributed by atoms with Crippen LogP contribution in [0.3, 0.4) is 0 Å². The smallest absolute Gasteiger partial charge is 0.251 e. The minimum atomic E-state index is -0.0646. The number of amides is 1. The second-order valence-electron chi connectivity index (χ2n) is 4.54. The lowest BCUT2D eigenvalue weighted by Gasteiger charge is -2.06. The Balaban J connectivity index is 1.74. The van der Waals surface area contributed by atoms with E-state index < -0.39 is 0 Å². The molecule has 1 N–H and O–H groups in total. The van der Waals surface area contributed by atoms with E-state index in [1.807, 2.05) is 12.1 Å². The second-order valence-corrected chi connectivity index (χ2v) is 4.54. The summed E-state index contributed by atoms with van der Waals surface area (Å²) < 4.78 is 5.62. The van der Waals surface area contributed by atoms with E-state index in [1.54, 1.807) is 19.2 Å². The standard InChI is InChI=1S/C14H19NO2/c1-15-14(16)12-6-8-13(9-7-12)17-10-2-3-11-4-5-11/h6-9,11H,2-5,10H2,1H3,(H,15,16). The maximum absolute atomic E-state index is 11.3. The van der Waals surface area contributed by atoms with Gasteiger partial charge in [0.25, 0.3) is 5.91 Å². The Morgan fingerprint density at radius 2 is 2.06 bits per heavy atom. The summed E-state index contributed by atoms with van der Waals surface area (Å²) in [6.07, 6.45) is 5.22. The first-order valence-electron chi connectivity index (χ1n) is 6.24. The summed E-state index contributed by atoms with van der Waals surface area (Å²) in [5.41, 5.74) is 0.665. The summed E-state index contributed by atoms with van der Waals surface area (Å²) in [5.74, 6) is 1.74. The number of hydrogen-bond acceptors (Lipinski definition) is 2. The topological polar surface area (TPSA) is 38.3 Å². The molecule has 1 fully saturated rings. The van der Waals surface area contributed by atoms with Gasteiger partial charge in [-0.2, -0.15) is 0 Å². The second kappa shape index (κ2) is 5.71. The fraction of sp³-hybridized carbons (Fsp3) is 0.500. The van der Waals surface area contributed by atoms with E-state index in [-0.39, 0.29) is 5.91 Å². The van der Waals surface area contributed by atoms with Crippen molar-refractivity contribution in [3.63, 3.8) is 0 Å². The lowest BCUT2D eigenvalue weighted by Crippen LogP contribution is -2.17. The van der Waals surface area contributed by atoms with Gasteiger partial charge in [0, 0.05) is 12.6 Å². The van der Waals surface area contributed by atoms with Crippen molar-refractivity contribution in [2.24, 2.45) is 5.92 Å². The van der Waals surface area contributed by atoms with Crippen molar-refractivity contribution >= 4 is 5.91 Å². The van der Waals surface area contributed by atoms with E-state index in [2.05, 4.69) is 5.32 Å². The predicted molar refractivity (Wildman–Crippen MR) is 67.3 cm³/mol. The van der Waals surface area contributed by atoms with E-state index >= 15 is 0 Å². The summed E-state index contributed by atoms with van der Waals surface area (Å²) in [7, 11) is 1.63. The number of carbonyl (C=O) groups excluding carboxylic acids is 1. The Morgan fingerprint density at radius 3 is 2.65 bits per heavy atom. The Morgan fingerprint density at radius 1 is 1.35 bits per heavy atom. The van der Waals surface area contributed by atoms with Crippen LogP contribution < -0.4 is 10.1 Å². The van der Waals surface area contributed by atoms with Crippen LogP contribution in [0.25, 0.3) is 0 Å². The number of ether oxygens (including phenoxy) is 1. The number of benzene rings is 1. The van der Waals surface area contributed by atoms with Crippen LogP contribution in [0.4, 0.5) is 0 Å². The fourth-order valence-electron chi connectivity index (χ4n) is 1.82. The van der Waals surface area contributed by atoms with Crippen molar-refractivity contribution in [1.82, 2.24) is 5.32 Å². The van der Waals surface area contributed by atoms with Crippen LogP contribution in [-0.4, -0.2) is 19.6 Å². The van der Waals surface area contributed by atoms with Gasteiger partial charge >= 0.3 is 0 Å². The van der Waals surface area contributed by atoms with Gasteiger partial charge in [-0.05, 0) is 43.0 Å². The number of nitrogens with one attached hydrogen (secondary N) is 1. The number of hydrogen-bond donors (Lipinski definition) is 1. The molecule has 1 aliphatic carbocycles. The van der Waals surface area contributed by atoms with Crippen molar-refractivity contribution in [3.8, 4) is 5.75 Å². The molecule has 0 heterocycles. The summed E-state index contributed by atoms with van der Waals surface area (Å²) in [6.45, 7) is 0.774. The molecule has 2 rings (SSSR count). The quantitative estimate of drug-likeness (QED) is 0.767. The third kappa shape index (κ3) is 3.77. The zero-order valence-corrected chi connectivity index (χ0v) is 10.2. The number of rotatable bonds is 6. The van der Waals surface area contributed by atoms with Crippen LogP contribution in [0.5, 0.6) is 5.75 Å². The highest BCUT2D eigenvalue weighted by Gasteiger charge is 2.20. The first-order valence-corrected chi connectivity index (χ1v) is 6.24. The van der Waals surface area contributed by atoms with Gasteiger partial charge in [-0.1, -0.05) is 12.8 Å². The largest absolute Gasteiger partial charge is 0.494 e. The van der Waals surface area contributed by atoms with Crippen molar-refractivity contribution in [2.45, 2.75) is 25.7 Å². The van der Waals surface area contributed by atoms with Gasteiger partial charge in [-0.25, -0.2) is 0 Å². The third-order valence-electron chi connectivity index (χ3n) is 3.07. The molecular formula is C14H19NO2. The minimum absolute atomic E-state index is 0.0646. The Hall–Kier alpha value is -1.51. The summed E-state index contributed by atoms with van der Waals surface area (Å²) in [5, 5.41) is 2.59. The van der Waals surface area contributed by atoms with Crippen LogP contribution in [0.2, 0.25) is 0 Å². The van der Waals surface area contributed by atoms with E-state index in [0.717, 1.165) is 24.7 Å². The van der Waals surface area contributed by atoms with Crippen molar-refractivity contribution in [3.05, 3.63) is 29.8 Å². The van der Waals surface area contributed by atoms with Gasteiger partial charge in [-0.3, -0.25) is 4.79 Å². The molecule has 92 valence electrons. The zero-order valence-electron chi connectivity index (χ0n) is 10.2. The Kier molecular flexibility index (Phi) is 4.02. The molecule has 17 heavy (non-hydrogen) atoms. The molecule has 3 nitrogen and oxygen atoms in total. The molecule has 0 radical (unpaired) electrons. The minimum Gasteiger partial charge on any atom is -0.494 e. The average Bonchev–Trinajstić information content (AvgIpc) is 3.18. The zero-order chi connectivity index (χ0) is 12.1. The van der Waals surface area contributed by atoms with Crippen molar-refractivity contribution < 1.29 is 9.53 Å². The van der Waals surface area contributed by atoms with Gasteiger partial charge in [0.15, 0.2) is 0 Å². The first kappa shape index (κ1) is 12.0. The van der Waals surface area contributed by atoms with Gasteiger partial charge in [0.2, 0.25) is 0 Å². The predicted octanol–water partition coefficient (Wildman–Crippen LogP) is 2.62. The van der Waals surface area contributed by atoms with Crippen LogP contribution in [-0.2, 0) is 0 Å². The van der Waals surface area contributed by atoms with Crippen LogP contribution >= 0.6 is 0 Å². The van der Waals surface area contributed by atoms with Gasteiger partial charge in [0.05, 0.1) is 6.61 Å². The summed E-state index contributed by atoms with van der Waals surface area (Å²) in [4.78, 5) is 11.3. The van der Waals surface area contributed by atoms with E-state index in [9.17, 15) is 4.79 Å². The SMILES string of the molecule is CNC(=O)c1ccc(OCCCC2CC2)cc1. The maximum Gasteiger partial charge on any atom is 0.251 e. The van der Waals surface area contributed by atoms with Crippen LogP contribution in [0.1, 0.15) is 36.0 Å². The van der Waals surface area contributed by atoms with Gasteiger partial charge < -0.3 is 10.1 Å². The number of carbonyl (C=O) groups is 1. The highest BCUT2D eigenvalue weighted by Crippen LogP contribution is 2.33. The molecule has 1 saturated carbocycles. The molecule has 1 aromatic rings. The Bertz CT molecular complexity index is 368. The molecule has 0 aliphatic heterocycles. The molecule has 0 bridgehead atoms. The molecular weight excluding hydrogens is 214 g/mol.